The molecule has 1 unspecified atom stereocenters. The van der Waals surface area contributed by atoms with E-state index in [4.69, 9.17) is 20.1 Å². The molecule has 0 amide bonds. The van der Waals surface area contributed by atoms with Gasteiger partial charge in [-0.2, -0.15) is 0 Å². The highest BCUT2D eigenvalue weighted by molar-refractivity contribution is 5.20. The molecule has 0 spiro atoms. The molecule has 1 aromatic carbocycles. The lowest BCUT2D eigenvalue weighted by molar-refractivity contribution is -0.000290. The number of ether oxygens (including phenoxy) is 1. The molecule has 0 heterocycles. The molecule has 25 heavy (non-hydrogen) atoms. The molecule has 0 fully saturated rings. The molecule has 0 aliphatic rings. The maximum absolute atomic E-state index is 8.78. The summed E-state index contributed by atoms with van der Waals surface area (Å²) in [7, 11) is 0. The first kappa shape index (κ1) is 26.1. The second-order valence-corrected chi connectivity index (χ2v) is 5.95. The SMILES string of the molecule is CC(O)Oc1ccccc1.CCCCCCCO.CCCCCCO. The zero-order chi connectivity index (χ0) is 19.2. The minimum atomic E-state index is -0.734. The average Bonchev–Trinajstić information content (AvgIpc) is 2.61. The molecule has 0 aliphatic heterocycles. The van der Waals surface area contributed by atoms with E-state index in [0.717, 1.165) is 12.8 Å². The van der Waals surface area contributed by atoms with Crippen molar-refractivity contribution in [2.24, 2.45) is 0 Å². The third-order valence-corrected chi connectivity index (χ3v) is 3.32. The average molecular weight is 357 g/mol. The molecule has 1 aromatic rings. The number of hydrogen-bond donors (Lipinski definition) is 3. The van der Waals surface area contributed by atoms with Crippen LogP contribution >= 0.6 is 0 Å². The van der Waals surface area contributed by atoms with E-state index in [2.05, 4.69) is 13.8 Å². The number of aliphatic hydroxyl groups excluding tert-OH is 3. The van der Waals surface area contributed by atoms with Crippen LogP contribution in [0.15, 0.2) is 30.3 Å². The molecule has 0 saturated heterocycles. The summed E-state index contributed by atoms with van der Waals surface area (Å²) in [5.41, 5.74) is 0. The molecule has 0 bridgehead atoms. The van der Waals surface area contributed by atoms with Gasteiger partial charge in [-0.1, -0.05) is 77.0 Å². The van der Waals surface area contributed by atoms with Crippen molar-refractivity contribution >= 4 is 0 Å². The highest BCUT2D eigenvalue weighted by Gasteiger charge is 1.94. The molecule has 0 aromatic heterocycles. The van der Waals surface area contributed by atoms with Gasteiger partial charge in [0.25, 0.3) is 0 Å². The van der Waals surface area contributed by atoms with Gasteiger partial charge < -0.3 is 20.1 Å². The Morgan fingerprint density at radius 3 is 1.60 bits per heavy atom. The monoisotopic (exact) mass is 356 g/mol. The summed E-state index contributed by atoms with van der Waals surface area (Å²) in [6.45, 7) is 6.66. The topological polar surface area (TPSA) is 69.9 Å². The number of aliphatic hydroxyl groups is 3. The number of unbranched alkanes of at least 4 members (excludes halogenated alkanes) is 7. The first-order valence-corrected chi connectivity index (χ1v) is 9.73. The normalized spacial score (nSPS) is 10.8. The Morgan fingerprint density at radius 2 is 1.20 bits per heavy atom. The molecule has 148 valence electrons. The van der Waals surface area contributed by atoms with Crippen molar-refractivity contribution in [1.82, 2.24) is 0 Å². The van der Waals surface area contributed by atoms with Crippen LogP contribution in [0.3, 0.4) is 0 Å². The van der Waals surface area contributed by atoms with E-state index in [1.807, 2.05) is 18.2 Å². The summed E-state index contributed by atoms with van der Waals surface area (Å²) in [6.07, 6.45) is 10.0. The Hall–Kier alpha value is -1.10. The molecular formula is C21H40O4. The summed E-state index contributed by atoms with van der Waals surface area (Å²) >= 11 is 0. The first-order chi connectivity index (χ1) is 12.1. The maximum Gasteiger partial charge on any atom is 0.194 e. The molecule has 4 heteroatoms. The minimum absolute atomic E-state index is 0.361. The fourth-order valence-electron chi connectivity index (χ4n) is 1.95. The largest absolute Gasteiger partial charge is 0.465 e. The van der Waals surface area contributed by atoms with Gasteiger partial charge in [0.15, 0.2) is 6.29 Å². The maximum atomic E-state index is 8.78. The Balaban J connectivity index is 0. The van der Waals surface area contributed by atoms with Crippen molar-refractivity contribution in [3.8, 4) is 5.75 Å². The van der Waals surface area contributed by atoms with Gasteiger partial charge in [0.05, 0.1) is 0 Å². The van der Waals surface area contributed by atoms with E-state index in [1.54, 1.807) is 19.1 Å². The van der Waals surface area contributed by atoms with Gasteiger partial charge in [-0.3, -0.25) is 0 Å². The van der Waals surface area contributed by atoms with Gasteiger partial charge in [0.2, 0.25) is 0 Å². The van der Waals surface area contributed by atoms with Crippen molar-refractivity contribution in [3.05, 3.63) is 30.3 Å². The lowest BCUT2D eigenvalue weighted by Gasteiger charge is -2.06. The van der Waals surface area contributed by atoms with Gasteiger partial charge in [0.1, 0.15) is 5.75 Å². The van der Waals surface area contributed by atoms with Gasteiger partial charge in [-0.05, 0) is 31.9 Å². The van der Waals surface area contributed by atoms with Gasteiger partial charge >= 0.3 is 0 Å². The van der Waals surface area contributed by atoms with Crippen molar-refractivity contribution < 1.29 is 20.1 Å². The molecule has 0 radical (unpaired) electrons. The van der Waals surface area contributed by atoms with Gasteiger partial charge in [-0.25, -0.2) is 0 Å². The van der Waals surface area contributed by atoms with Crippen molar-refractivity contribution in [1.29, 1.82) is 0 Å². The van der Waals surface area contributed by atoms with Crippen molar-refractivity contribution in [3.63, 3.8) is 0 Å². The van der Waals surface area contributed by atoms with Crippen LogP contribution in [0.2, 0.25) is 0 Å². The van der Waals surface area contributed by atoms with Crippen LogP contribution in [0.1, 0.15) is 78.6 Å². The second kappa shape index (κ2) is 22.9. The Kier molecular flexibility index (Phi) is 23.9. The lowest BCUT2D eigenvalue weighted by Crippen LogP contribution is -2.08. The van der Waals surface area contributed by atoms with Gasteiger partial charge in [0, 0.05) is 13.2 Å². The standard InChI is InChI=1S/C8H10O2.C7H16O.C6H14O/c1-7(9)10-8-5-3-2-4-6-8;1-2-3-4-5-6-7-8;1-2-3-4-5-6-7/h2-7,9H,1H3;8H,2-7H2,1H3;7H,2-6H2,1H3. The Bertz CT molecular complexity index is 318. The molecule has 0 saturated carbocycles. The molecule has 0 aliphatic carbocycles. The zero-order valence-corrected chi connectivity index (χ0v) is 16.5. The minimum Gasteiger partial charge on any atom is -0.465 e. The third kappa shape index (κ3) is 25.3. The summed E-state index contributed by atoms with van der Waals surface area (Å²) < 4.78 is 4.97. The van der Waals surface area contributed by atoms with E-state index in [9.17, 15) is 0 Å². The highest BCUT2D eigenvalue weighted by atomic mass is 16.6. The molecule has 3 N–H and O–H groups in total. The lowest BCUT2D eigenvalue weighted by atomic mass is 10.2. The number of para-hydroxylation sites is 1. The molecule has 1 atom stereocenters. The van der Waals surface area contributed by atoms with Crippen molar-refractivity contribution in [2.75, 3.05) is 13.2 Å². The van der Waals surface area contributed by atoms with Crippen LogP contribution in [0.4, 0.5) is 0 Å². The number of hydrogen-bond acceptors (Lipinski definition) is 4. The predicted molar refractivity (Wildman–Crippen MR) is 106 cm³/mol. The summed E-state index contributed by atoms with van der Waals surface area (Å²) in [6, 6.07) is 9.21. The number of rotatable bonds is 11. The third-order valence-electron chi connectivity index (χ3n) is 3.32. The first-order valence-electron chi connectivity index (χ1n) is 9.73. The van der Waals surface area contributed by atoms with Crippen LogP contribution in [0, 0.1) is 0 Å². The Morgan fingerprint density at radius 1 is 0.760 bits per heavy atom. The number of benzene rings is 1. The summed E-state index contributed by atoms with van der Waals surface area (Å²) in [4.78, 5) is 0. The fraction of sp³-hybridized carbons (Fsp3) is 0.714. The van der Waals surface area contributed by atoms with Crippen LogP contribution < -0.4 is 4.74 Å². The summed E-state index contributed by atoms with van der Waals surface area (Å²) in [5, 5.41) is 25.4. The Labute approximate surface area is 154 Å². The van der Waals surface area contributed by atoms with E-state index in [0.29, 0.717) is 19.0 Å². The molecular weight excluding hydrogens is 316 g/mol. The van der Waals surface area contributed by atoms with E-state index in [1.165, 1.54) is 44.9 Å². The highest BCUT2D eigenvalue weighted by Crippen LogP contribution is 2.09. The van der Waals surface area contributed by atoms with Gasteiger partial charge in [-0.15, -0.1) is 0 Å². The summed E-state index contributed by atoms with van der Waals surface area (Å²) in [5.74, 6) is 0.692. The van der Waals surface area contributed by atoms with Crippen LogP contribution in [0.5, 0.6) is 5.75 Å². The van der Waals surface area contributed by atoms with Crippen LogP contribution in [-0.2, 0) is 0 Å². The van der Waals surface area contributed by atoms with Crippen molar-refractivity contribution in [2.45, 2.75) is 84.8 Å². The quantitative estimate of drug-likeness (QED) is 0.389. The second-order valence-electron chi connectivity index (χ2n) is 5.95. The van der Waals surface area contributed by atoms with E-state index < -0.39 is 6.29 Å². The smallest absolute Gasteiger partial charge is 0.194 e. The molecule has 1 rings (SSSR count). The van der Waals surface area contributed by atoms with Crippen LogP contribution in [-0.4, -0.2) is 34.8 Å². The predicted octanol–water partition coefficient (Wildman–Crippen LogP) is 4.91. The van der Waals surface area contributed by atoms with E-state index >= 15 is 0 Å². The van der Waals surface area contributed by atoms with E-state index in [-0.39, 0.29) is 0 Å². The van der Waals surface area contributed by atoms with Crippen LogP contribution in [0.25, 0.3) is 0 Å². The molecule has 4 nitrogen and oxygen atoms in total. The zero-order valence-electron chi connectivity index (χ0n) is 16.5. The fourth-order valence-corrected chi connectivity index (χ4v) is 1.95.